The van der Waals surface area contributed by atoms with Crippen molar-refractivity contribution in [2.75, 3.05) is 13.1 Å². The first-order valence-corrected chi connectivity index (χ1v) is 6.69. The number of piperidine rings is 1. The quantitative estimate of drug-likeness (QED) is 0.784. The Labute approximate surface area is 96.3 Å². The van der Waals surface area contributed by atoms with Crippen LogP contribution in [-0.2, 0) is 6.54 Å². The SMILES string of the molecule is CCC1(C)CCN(Cc2cncs2)CC1. The van der Waals surface area contributed by atoms with E-state index in [4.69, 9.17) is 0 Å². The van der Waals surface area contributed by atoms with Gasteiger partial charge < -0.3 is 0 Å². The molecule has 0 unspecified atom stereocenters. The third-order valence-corrected chi connectivity index (χ3v) is 4.54. The first-order chi connectivity index (χ1) is 7.22. The maximum absolute atomic E-state index is 4.12. The van der Waals surface area contributed by atoms with Gasteiger partial charge in [0.2, 0.25) is 0 Å². The van der Waals surface area contributed by atoms with Gasteiger partial charge in [-0.2, -0.15) is 0 Å². The predicted molar refractivity (Wildman–Crippen MR) is 65.0 cm³/mol. The molecule has 0 N–H and O–H groups in total. The van der Waals surface area contributed by atoms with E-state index in [0.717, 1.165) is 6.54 Å². The van der Waals surface area contributed by atoms with Gasteiger partial charge in [-0.3, -0.25) is 9.88 Å². The lowest BCUT2D eigenvalue weighted by molar-refractivity contribution is 0.110. The third-order valence-electron chi connectivity index (χ3n) is 3.78. The second-order valence-electron chi connectivity index (χ2n) is 4.91. The summed E-state index contributed by atoms with van der Waals surface area (Å²) in [5.74, 6) is 0. The van der Waals surface area contributed by atoms with E-state index in [1.807, 2.05) is 11.7 Å². The summed E-state index contributed by atoms with van der Waals surface area (Å²) in [6.07, 6.45) is 6.02. The molecule has 0 spiro atoms. The molecule has 0 bridgehead atoms. The van der Waals surface area contributed by atoms with Crippen molar-refractivity contribution < 1.29 is 0 Å². The van der Waals surface area contributed by atoms with Crippen molar-refractivity contribution in [2.45, 2.75) is 39.7 Å². The van der Waals surface area contributed by atoms with Crippen molar-refractivity contribution in [3.05, 3.63) is 16.6 Å². The average molecular weight is 224 g/mol. The Bertz CT molecular complexity index is 287. The van der Waals surface area contributed by atoms with Crippen LogP contribution in [0.25, 0.3) is 0 Å². The van der Waals surface area contributed by atoms with Crippen molar-refractivity contribution in [2.24, 2.45) is 5.41 Å². The highest BCUT2D eigenvalue weighted by molar-refractivity contribution is 7.09. The zero-order valence-corrected chi connectivity index (χ0v) is 10.5. The lowest BCUT2D eigenvalue weighted by atomic mass is 9.78. The third kappa shape index (κ3) is 2.79. The Morgan fingerprint density at radius 1 is 1.47 bits per heavy atom. The number of nitrogens with zero attached hydrogens (tertiary/aromatic N) is 2. The first-order valence-electron chi connectivity index (χ1n) is 5.81. The smallest absolute Gasteiger partial charge is 0.0794 e. The van der Waals surface area contributed by atoms with Crippen LogP contribution in [0.1, 0.15) is 38.0 Å². The van der Waals surface area contributed by atoms with Crippen LogP contribution in [0.15, 0.2) is 11.7 Å². The summed E-state index contributed by atoms with van der Waals surface area (Å²) < 4.78 is 0. The molecule has 1 fully saturated rings. The normalized spacial score (nSPS) is 21.7. The Morgan fingerprint density at radius 3 is 2.73 bits per heavy atom. The van der Waals surface area contributed by atoms with E-state index in [2.05, 4.69) is 23.7 Å². The lowest BCUT2D eigenvalue weighted by Crippen LogP contribution is -2.37. The number of hydrogen-bond donors (Lipinski definition) is 0. The summed E-state index contributed by atoms with van der Waals surface area (Å²) in [5, 5.41) is 0. The van der Waals surface area contributed by atoms with E-state index in [9.17, 15) is 0 Å². The van der Waals surface area contributed by atoms with Crippen molar-refractivity contribution in [1.29, 1.82) is 0 Å². The van der Waals surface area contributed by atoms with E-state index in [1.54, 1.807) is 11.3 Å². The zero-order valence-electron chi connectivity index (χ0n) is 9.70. The average Bonchev–Trinajstić information content (AvgIpc) is 2.75. The van der Waals surface area contributed by atoms with Crippen LogP contribution >= 0.6 is 11.3 Å². The van der Waals surface area contributed by atoms with Crippen molar-refractivity contribution >= 4 is 11.3 Å². The highest BCUT2D eigenvalue weighted by atomic mass is 32.1. The molecule has 1 saturated heterocycles. The molecule has 1 aromatic heterocycles. The molecule has 0 aliphatic carbocycles. The van der Waals surface area contributed by atoms with Crippen molar-refractivity contribution in [3.63, 3.8) is 0 Å². The molecular weight excluding hydrogens is 204 g/mol. The molecule has 1 aliphatic rings. The molecule has 15 heavy (non-hydrogen) atoms. The molecule has 0 saturated carbocycles. The minimum absolute atomic E-state index is 0.601. The van der Waals surface area contributed by atoms with Gasteiger partial charge in [-0.15, -0.1) is 11.3 Å². The van der Waals surface area contributed by atoms with Crippen LogP contribution in [0.2, 0.25) is 0 Å². The van der Waals surface area contributed by atoms with E-state index in [0.29, 0.717) is 5.41 Å². The fourth-order valence-electron chi connectivity index (χ4n) is 2.15. The molecule has 84 valence electrons. The van der Waals surface area contributed by atoms with Gasteiger partial charge in [0.1, 0.15) is 0 Å². The molecule has 1 aromatic rings. The summed E-state index contributed by atoms with van der Waals surface area (Å²) in [4.78, 5) is 8.08. The number of rotatable bonds is 3. The van der Waals surface area contributed by atoms with E-state index in [-0.39, 0.29) is 0 Å². The fraction of sp³-hybridized carbons (Fsp3) is 0.750. The van der Waals surface area contributed by atoms with Crippen LogP contribution in [0.3, 0.4) is 0 Å². The second kappa shape index (κ2) is 4.62. The summed E-state index contributed by atoms with van der Waals surface area (Å²) in [7, 11) is 0. The fourth-order valence-corrected chi connectivity index (χ4v) is 2.78. The van der Waals surface area contributed by atoms with Gasteiger partial charge in [-0.1, -0.05) is 20.3 Å². The van der Waals surface area contributed by atoms with E-state index < -0.39 is 0 Å². The summed E-state index contributed by atoms with van der Waals surface area (Å²) >= 11 is 1.77. The Hall–Kier alpha value is -0.410. The first kappa shape index (κ1) is 11.1. The highest BCUT2D eigenvalue weighted by Crippen LogP contribution is 2.34. The topological polar surface area (TPSA) is 16.1 Å². The Kier molecular flexibility index (Phi) is 3.42. The van der Waals surface area contributed by atoms with Gasteiger partial charge >= 0.3 is 0 Å². The number of thiazole rings is 1. The minimum Gasteiger partial charge on any atom is -0.298 e. The van der Waals surface area contributed by atoms with Crippen molar-refractivity contribution in [1.82, 2.24) is 9.88 Å². The molecule has 3 heteroatoms. The zero-order chi connectivity index (χ0) is 10.7. The van der Waals surface area contributed by atoms with Gasteiger partial charge in [0.15, 0.2) is 0 Å². The second-order valence-corrected chi connectivity index (χ2v) is 5.88. The van der Waals surface area contributed by atoms with Gasteiger partial charge in [-0.05, 0) is 31.3 Å². The molecule has 2 rings (SSSR count). The van der Waals surface area contributed by atoms with Crippen LogP contribution in [0, 0.1) is 5.41 Å². The van der Waals surface area contributed by atoms with Crippen molar-refractivity contribution in [3.8, 4) is 0 Å². The van der Waals surface area contributed by atoms with Crippen LogP contribution < -0.4 is 0 Å². The van der Waals surface area contributed by atoms with Gasteiger partial charge in [-0.25, -0.2) is 0 Å². The number of likely N-dealkylation sites (tertiary alicyclic amines) is 1. The van der Waals surface area contributed by atoms with Gasteiger partial charge in [0.25, 0.3) is 0 Å². The monoisotopic (exact) mass is 224 g/mol. The van der Waals surface area contributed by atoms with E-state index >= 15 is 0 Å². The van der Waals surface area contributed by atoms with Crippen LogP contribution in [-0.4, -0.2) is 23.0 Å². The largest absolute Gasteiger partial charge is 0.298 e. The molecule has 1 aliphatic heterocycles. The predicted octanol–water partition coefficient (Wildman–Crippen LogP) is 3.16. The summed E-state index contributed by atoms with van der Waals surface area (Å²) in [6, 6.07) is 0. The molecule has 0 radical (unpaired) electrons. The molecule has 2 heterocycles. The Balaban J connectivity index is 1.84. The number of aromatic nitrogens is 1. The summed E-state index contributed by atoms with van der Waals surface area (Å²) in [5.41, 5.74) is 2.53. The maximum Gasteiger partial charge on any atom is 0.0794 e. The maximum atomic E-state index is 4.12. The molecule has 0 amide bonds. The number of hydrogen-bond acceptors (Lipinski definition) is 3. The Morgan fingerprint density at radius 2 is 2.20 bits per heavy atom. The lowest BCUT2D eigenvalue weighted by Gasteiger charge is -2.38. The van der Waals surface area contributed by atoms with Crippen LogP contribution in [0.5, 0.6) is 0 Å². The molecule has 2 nitrogen and oxygen atoms in total. The van der Waals surface area contributed by atoms with Gasteiger partial charge in [0.05, 0.1) is 5.51 Å². The highest BCUT2D eigenvalue weighted by Gasteiger charge is 2.28. The summed E-state index contributed by atoms with van der Waals surface area (Å²) in [6.45, 7) is 8.35. The van der Waals surface area contributed by atoms with Crippen LogP contribution in [0.4, 0.5) is 0 Å². The minimum atomic E-state index is 0.601. The molecule has 0 atom stereocenters. The standard InChI is InChI=1S/C12H20N2S/c1-3-12(2)4-6-14(7-5-12)9-11-8-13-10-15-11/h8,10H,3-7,9H2,1-2H3. The molecular formula is C12H20N2S. The van der Waals surface area contributed by atoms with Gasteiger partial charge in [0, 0.05) is 17.6 Å². The van der Waals surface area contributed by atoms with E-state index in [1.165, 1.54) is 37.2 Å². The molecule has 0 aromatic carbocycles.